The van der Waals surface area contributed by atoms with Crippen molar-refractivity contribution in [2.75, 3.05) is 17.7 Å². The molecule has 5 heteroatoms. The van der Waals surface area contributed by atoms with E-state index in [2.05, 4.69) is 10.6 Å². The second-order valence-corrected chi connectivity index (χ2v) is 4.75. The second kappa shape index (κ2) is 5.28. The third-order valence-corrected chi connectivity index (χ3v) is 3.34. The Balaban J connectivity index is 1.82. The van der Waals surface area contributed by atoms with E-state index in [1.54, 1.807) is 36.4 Å². The molecule has 0 spiro atoms. The fraction of sp³-hybridized carbons (Fsp3) is 0.125. The van der Waals surface area contributed by atoms with Crippen molar-refractivity contribution in [3.8, 4) is 5.75 Å². The predicted octanol–water partition coefficient (Wildman–Crippen LogP) is 2.44. The van der Waals surface area contributed by atoms with Crippen LogP contribution in [0.2, 0.25) is 0 Å². The number of hydrogen-bond donors (Lipinski definition) is 2. The molecular weight excluding hydrogens is 268 g/mol. The van der Waals surface area contributed by atoms with E-state index in [4.69, 9.17) is 4.74 Å². The Morgan fingerprint density at radius 1 is 1.24 bits per heavy atom. The molecule has 2 aromatic carbocycles. The first-order valence-electron chi connectivity index (χ1n) is 6.54. The molecule has 1 aliphatic rings. The molecule has 0 fully saturated rings. The normalized spacial score (nSPS) is 12.5. The number of para-hydroxylation sites is 1. The fourth-order valence-electron chi connectivity index (χ4n) is 2.34. The minimum absolute atomic E-state index is 0.0294. The Hall–Kier alpha value is -2.82. The van der Waals surface area contributed by atoms with Crippen molar-refractivity contribution >= 4 is 23.2 Å². The largest absolute Gasteiger partial charge is 0.496 e. The fourth-order valence-corrected chi connectivity index (χ4v) is 2.34. The molecule has 0 unspecified atom stereocenters. The highest BCUT2D eigenvalue weighted by atomic mass is 16.5. The molecule has 0 aliphatic carbocycles. The van der Waals surface area contributed by atoms with E-state index in [0.717, 1.165) is 11.3 Å². The topological polar surface area (TPSA) is 67.4 Å². The van der Waals surface area contributed by atoms with Gasteiger partial charge in [0.05, 0.1) is 19.1 Å². The first kappa shape index (κ1) is 13.2. The van der Waals surface area contributed by atoms with Crippen LogP contribution in [-0.4, -0.2) is 18.9 Å². The van der Waals surface area contributed by atoms with Crippen LogP contribution >= 0.6 is 0 Å². The zero-order chi connectivity index (χ0) is 14.8. The van der Waals surface area contributed by atoms with Crippen LogP contribution in [0.25, 0.3) is 0 Å². The van der Waals surface area contributed by atoms with Crippen LogP contribution < -0.4 is 15.4 Å². The number of carbonyl (C=O) groups is 2. The third-order valence-electron chi connectivity index (χ3n) is 3.34. The van der Waals surface area contributed by atoms with Gasteiger partial charge in [0.25, 0.3) is 5.91 Å². The van der Waals surface area contributed by atoms with Crippen LogP contribution in [0.5, 0.6) is 5.75 Å². The number of anilines is 2. The third kappa shape index (κ3) is 2.58. The van der Waals surface area contributed by atoms with Crippen molar-refractivity contribution < 1.29 is 14.3 Å². The monoisotopic (exact) mass is 282 g/mol. The SMILES string of the molecule is COc1ccccc1C(=O)Nc1ccc2c(c1)CC(=O)N2. The van der Waals surface area contributed by atoms with Gasteiger partial charge in [-0.2, -0.15) is 0 Å². The molecular formula is C16H14N2O3. The van der Waals surface area contributed by atoms with Crippen molar-refractivity contribution in [3.63, 3.8) is 0 Å². The number of ether oxygens (including phenoxy) is 1. The maximum atomic E-state index is 12.3. The number of fused-ring (bicyclic) bond motifs is 1. The molecule has 3 rings (SSSR count). The molecule has 2 amide bonds. The van der Waals surface area contributed by atoms with Crippen molar-refractivity contribution in [1.29, 1.82) is 0 Å². The number of rotatable bonds is 3. The summed E-state index contributed by atoms with van der Waals surface area (Å²) in [4.78, 5) is 23.6. The summed E-state index contributed by atoms with van der Waals surface area (Å²) in [5, 5.41) is 5.58. The summed E-state index contributed by atoms with van der Waals surface area (Å²) in [6.07, 6.45) is 0.341. The molecule has 1 aliphatic heterocycles. The molecule has 5 nitrogen and oxygen atoms in total. The van der Waals surface area contributed by atoms with Gasteiger partial charge in [0.15, 0.2) is 0 Å². The summed E-state index contributed by atoms with van der Waals surface area (Å²) in [6.45, 7) is 0. The van der Waals surface area contributed by atoms with E-state index in [1.807, 2.05) is 6.07 Å². The maximum Gasteiger partial charge on any atom is 0.259 e. The average Bonchev–Trinajstić information content (AvgIpc) is 2.86. The number of hydrogen-bond acceptors (Lipinski definition) is 3. The van der Waals surface area contributed by atoms with Crippen LogP contribution in [-0.2, 0) is 11.2 Å². The average molecular weight is 282 g/mol. The number of benzene rings is 2. The van der Waals surface area contributed by atoms with Crippen LogP contribution in [0.15, 0.2) is 42.5 Å². The van der Waals surface area contributed by atoms with Crippen LogP contribution in [0.4, 0.5) is 11.4 Å². The Kier molecular flexibility index (Phi) is 3.31. The van der Waals surface area contributed by atoms with E-state index in [1.165, 1.54) is 7.11 Å². The van der Waals surface area contributed by atoms with Crippen molar-refractivity contribution in [3.05, 3.63) is 53.6 Å². The molecule has 0 saturated heterocycles. The standard InChI is InChI=1S/C16H14N2O3/c1-21-14-5-3-2-4-12(14)16(20)17-11-6-7-13-10(8-11)9-15(19)18-13/h2-8H,9H2,1H3,(H,17,20)(H,18,19). The summed E-state index contributed by atoms with van der Waals surface area (Å²) in [5.74, 6) is 0.246. The maximum absolute atomic E-state index is 12.3. The van der Waals surface area contributed by atoms with E-state index in [0.29, 0.717) is 23.4 Å². The van der Waals surface area contributed by atoms with E-state index in [-0.39, 0.29) is 11.8 Å². The number of amides is 2. The van der Waals surface area contributed by atoms with Gasteiger partial charge < -0.3 is 15.4 Å². The van der Waals surface area contributed by atoms with E-state index < -0.39 is 0 Å². The molecule has 0 atom stereocenters. The molecule has 0 saturated carbocycles. The smallest absolute Gasteiger partial charge is 0.259 e. The Labute approximate surface area is 121 Å². The minimum Gasteiger partial charge on any atom is -0.496 e. The van der Waals surface area contributed by atoms with Crippen LogP contribution in [0.1, 0.15) is 15.9 Å². The van der Waals surface area contributed by atoms with Crippen molar-refractivity contribution in [2.24, 2.45) is 0 Å². The zero-order valence-electron chi connectivity index (χ0n) is 11.5. The van der Waals surface area contributed by atoms with Gasteiger partial charge in [-0.15, -0.1) is 0 Å². The molecule has 106 valence electrons. The second-order valence-electron chi connectivity index (χ2n) is 4.75. The van der Waals surface area contributed by atoms with Gasteiger partial charge in [-0.25, -0.2) is 0 Å². The zero-order valence-corrected chi connectivity index (χ0v) is 11.5. The van der Waals surface area contributed by atoms with Gasteiger partial charge in [-0.1, -0.05) is 12.1 Å². The van der Waals surface area contributed by atoms with Crippen molar-refractivity contribution in [2.45, 2.75) is 6.42 Å². The molecule has 0 bridgehead atoms. The molecule has 0 aromatic heterocycles. The summed E-state index contributed by atoms with van der Waals surface area (Å²) in [6, 6.07) is 12.4. The Morgan fingerprint density at radius 2 is 2.05 bits per heavy atom. The summed E-state index contributed by atoms with van der Waals surface area (Å²) >= 11 is 0. The molecule has 21 heavy (non-hydrogen) atoms. The quantitative estimate of drug-likeness (QED) is 0.908. The Morgan fingerprint density at radius 3 is 2.86 bits per heavy atom. The lowest BCUT2D eigenvalue weighted by atomic mass is 10.1. The lowest BCUT2D eigenvalue weighted by Gasteiger charge is -2.10. The highest BCUT2D eigenvalue weighted by Crippen LogP contribution is 2.27. The summed E-state index contributed by atoms with van der Waals surface area (Å²) in [7, 11) is 1.53. The number of methoxy groups -OCH3 is 1. The molecule has 0 radical (unpaired) electrons. The van der Waals surface area contributed by atoms with Gasteiger partial charge in [-0.05, 0) is 35.9 Å². The van der Waals surface area contributed by atoms with Gasteiger partial charge >= 0.3 is 0 Å². The highest BCUT2D eigenvalue weighted by Gasteiger charge is 2.18. The van der Waals surface area contributed by atoms with Gasteiger partial charge in [0, 0.05) is 11.4 Å². The van der Waals surface area contributed by atoms with E-state index in [9.17, 15) is 9.59 Å². The Bertz CT molecular complexity index is 725. The first-order chi connectivity index (χ1) is 10.2. The van der Waals surface area contributed by atoms with Crippen LogP contribution in [0, 0.1) is 0 Å². The van der Waals surface area contributed by atoms with Gasteiger partial charge in [-0.3, -0.25) is 9.59 Å². The number of carbonyl (C=O) groups excluding carboxylic acids is 2. The molecule has 1 heterocycles. The predicted molar refractivity (Wildman–Crippen MR) is 79.7 cm³/mol. The summed E-state index contributed by atoms with van der Waals surface area (Å²) < 4.78 is 5.18. The highest BCUT2D eigenvalue weighted by molar-refractivity contribution is 6.07. The molecule has 2 N–H and O–H groups in total. The first-order valence-corrected chi connectivity index (χ1v) is 6.54. The van der Waals surface area contributed by atoms with Crippen LogP contribution in [0.3, 0.4) is 0 Å². The lowest BCUT2D eigenvalue weighted by molar-refractivity contribution is -0.115. The van der Waals surface area contributed by atoms with Gasteiger partial charge in [0.1, 0.15) is 5.75 Å². The molecule has 2 aromatic rings. The lowest BCUT2D eigenvalue weighted by Crippen LogP contribution is -2.13. The van der Waals surface area contributed by atoms with E-state index >= 15 is 0 Å². The van der Waals surface area contributed by atoms with Gasteiger partial charge in [0.2, 0.25) is 5.91 Å². The van der Waals surface area contributed by atoms with Crippen molar-refractivity contribution in [1.82, 2.24) is 0 Å². The number of nitrogens with one attached hydrogen (secondary N) is 2. The minimum atomic E-state index is -0.246. The summed E-state index contributed by atoms with van der Waals surface area (Å²) in [5.41, 5.74) is 2.81.